The van der Waals surface area contributed by atoms with Gasteiger partial charge in [-0.05, 0) is 6.92 Å². The summed E-state index contributed by atoms with van der Waals surface area (Å²) < 4.78 is 0. The van der Waals surface area contributed by atoms with Crippen molar-refractivity contribution < 1.29 is 19.8 Å². The van der Waals surface area contributed by atoms with E-state index < -0.39 is 11.2 Å². The second-order valence-electron chi connectivity index (χ2n) is 2.33. The number of thioether (sulfide) groups is 1. The lowest BCUT2D eigenvalue weighted by Crippen LogP contribution is -2.20. The summed E-state index contributed by atoms with van der Waals surface area (Å²) in [5.41, 5.74) is 0. The lowest BCUT2D eigenvalue weighted by atomic mass is 10.2. The molecule has 0 saturated carbocycles. The Kier molecular flexibility index (Phi) is 5.74. The first-order valence-electron chi connectivity index (χ1n) is 3.52. The van der Waals surface area contributed by atoms with Crippen molar-refractivity contribution in [1.82, 2.24) is 0 Å². The normalized spacial score (nSPS) is 12.5. The van der Waals surface area contributed by atoms with E-state index in [0.29, 0.717) is 5.75 Å². The predicted molar refractivity (Wildman–Crippen MR) is 46.3 cm³/mol. The van der Waals surface area contributed by atoms with Crippen LogP contribution in [-0.4, -0.2) is 39.6 Å². The van der Waals surface area contributed by atoms with Crippen LogP contribution in [0.4, 0.5) is 0 Å². The molecule has 0 saturated heterocycles. The molecule has 0 amide bonds. The number of carbonyl (C=O) groups is 2. The van der Waals surface area contributed by atoms with Crippen LogP contribution in [0.5, 0.6) is 0 Å². The Morgan fingerprint density at radius 3 is 2.42 bits per heavy atom. The summed E-state index contributed by atoms with van der Waals surface area (Å²) >= 11 is 1.09. The average molecular weight is 192 g/mol. The van der Waals surface area contributed by atoms with Crippen molar-refractivity contribution in [3.8, 4) is 0 Å². The second-order valence-corrected chi connectivity index (χ2v) is 3.64. The van der Waals surface area contributed by atoms with Crippen LogP contribution in [0.3, 0.4) is 0 Å². The lowest BCUT2D eigenvalue weighted by molar-refractivity contribution is -0.137. The van der Waals surface area contributed by atoms with E-state index in [1.54, 1.807) is 0 Å². The van der Waals surface area contributed by atoms with Gasteiger partial charge in [0.2, 0.25) is 0 Å². The van der Waals surface area contributed by atoms with E-state index in [1.165, 1.54) is 6.92 Å². The van der Waals surface area contributed by atoms with Gasteiger partial charge in [0, 0.05) is 12.2 Å². The molecule has 0 aromatic heterocycles. The number of rotatable bonds is 6. The Labute approximate surface area is 75.0 Å². The van der Waals surface area contributed by atoms with Gasteiger partial charge in [-0.25, -0.2) is 0 Å². The first-order valence-corrected chi connectivity index (χ1v) is 4.57. The van der Waals surface area contributed by atoms with Crippen LogP contribution in [-0.2, 0) is 9.59 Å². The fourth-order valence-electron chi connectivity index (χ4n) is 0.674. The van der Waals surface area contributed by atoms with Crippen molar-refractivity contribution in [1.29, 1.82) is 0 Å². The molecule has 12 heavy (non-hydrogen) atoms. The number of aliphatic hydroxyl groups excluding tert-OH is 1. The molecule has 0 aromatic rings. The minimum absolute atomic E-state index is 0.0278. The molecular weight excluding hydrogens is 180 g/mol. The molecule has 70 valence electrons. The van der Waals surface area contributed by atoms with Gasteiger partial charge in [0.1, 0.15) is 11.0 Å². The van der Waals surface area contributed by atoms with Crippen LogP contribution in [0.15, 0.2) is 0 Å². The van der Waals surface area contributed by atoms with Gasteiger partial charge in [0.15, 0.2) is 0 Å². The molecule has 0 aliphatic rings. The highest BCUT2D eigenvalue weighted by Gasteiger charge is 2.18. The number of hydrogen-bond donors (Lipinski definition) is 2. The van der Waals surface area contributed by atoms with Crippen molar-refractivity contribution >= 4 is 23.5 Å². The number of carboxylic acid groups (broad SMARTS) is 1. The molecule has 4 nitrogen and oxygen atoms in total. The summed E-state index contributed by atoms with van der Waals surface area (Å²) in [7, 11) is 0. The van der Waals surface area contributed by atoms with Crippen LogP contribution < -0.4 is 0 Å². The van der Waals surface area contributed by atoms with Crippen LogP contribution >= 0.6 is 11.8 Å². The van der Waals surface area contributed by atoms with Gasteiger partial charge >= 0.3 is 5.97 Å². The van der Waals surface area contributed by atoms with Gasteiger partial charge in [-0.15, -0.1) is 11.8 Å². The Hall–Kier alpha value is -0.550. The van der Waals surface area contributed by atoms with Crippen molar-refractivity contribution in [2.75, 3.05) is 12.4 Å². The molecule has 0 heterocycles. The van der Waals surface area contributed by atoms with Crippen molar-refractivity contribution in [2.45, 2.75) is 18.6 Å². The standard InChI is InChI=1S/C7H12O4S/c1-5(9)4-6(7(10)11)12-3-2-8/h6,8H,2-4H2,1H3,(H,10,11). The predicted octanol–water partition coefficient (Wildman–Crippen LogP) is 0.144. The van der Waals surface area contributed by atoms with Gasteiger partial charge in [-0.2, -0.15) is 0 Å². The summed E-state index contributed by atoms with van der Waals surface area (Å²) in [5, 5.41) is 16.3. The zero-order valence-corrected chi connectivity index (χ0v) is 7.63. The van der Waals surface area contributed by atoms with Gasteiger partial charge in [-0.1, -0.05) is 0 Å². The fourth-order valence-corrected chi connectivity index (χ4v) is 1.56. The fraction of sp³-hybridized carbons (Fsp3) is 0.714. The number of ketones is 1. The summed E-state index contributed by atoms with van der Waals surface area (Å²) in [6.45, 7) is 1.29. The largest absolute Gasteiger partial charge is 0.480 e. The highest BCUT2D eigenvalue weighted by Crippen LogP contribution is 2.14. The molecule has 0 radical (unpaired) electrons. The molecule has 2 N–H and O–H groups in total. The lowest BCUT2D eigenvalue weighted by Gasteiger charge is -2.08. The molecule has 5 heteroatoms. The van der Waals surface area contributed by atoms with Gasteiger partial charge in [0.25, 0.3) is 0 Å². The summed E-state index contributed by atoms with van der Waals surface area (Å²) in [6.07, 6.45) is 0.0278. The van der Waals surface area contributed by atoms with Gasteiger partial charge < -0.3 is 10.2 Å². The summed E-state index contributed by atoms with van der Waals surface area (Å²) in [6, 6.07) is 0. The van der Waals surface area contributed by atoms with E-state index in [0.717, 1.165) is 11.8 Å². The third-order valence-electron chi connectivity index (χ3n) is 1.16. The van der Waals surface area contributed by atoms with E-state index in [2.05, 4.69) is 0 Å². The molecular formula is C7H12O4S. The Bertz CT molecular complexity index is 169. The second kappa shape index (κ2) is 6.02. The van der Waals surface area contributed by atoms with E-state index in [9.17, 15) is 9.59 Å². The van der Waals surface area contributed by atoms with Crippen molar-refractivity contribution in [3.05, 3.63) is 0 Å². The third kappa shape index (κ3) is 5.15. The van der Waals surface area contributed by atoms with E-state index in [-0.39, 0.29) is 18.8 Å². The zero-order valence-electron chi connectivity index (χ0n) is 6.82. The number of carbonyl (C=O) groups excluding carboxylic acids is 1. The van der Waals surface area contributed by atoms with Crippen LogP contribution in [0.1, 0.15) is 13.3 Å². The molecule has 0 aromatic carbocycles. The summed E-state index contributed by atoms with van der Waals surface area (Å²) in [4.78, 5) is 21.1. The smallest absolute Gasteiger partial charge is 0.317 e. The number of carboxylic acids is 1. The van der Waals surface area contributed by atoms with Crippen LogP contribution in [0, 0.1) is 0 Å². The SMILES string of the molecule is CC(=O)CC(SCCO)C(=O)O. The number of hydrogen-bond acceptors (Lipinski definition) is 4. The summed E-state index contributed by atoms with van der Waals surface area (Å²) in [5.74, 6) is -0.791. The molecule has 0 spiro atoms. The minimum atomic E-state index is -0.997. The Balaban J connectivity index is 3.87. The molecule has 1 atom stereocenters. The first kappa shape index (κ1) is 11.4. The topological polar surface area (TPSA) is 74.6 Å². The number of aliphatic hydroxyl groups is 1. The highest BCUT2D eigenvalue weighted by molar-refractivity contribution is 8.00. The Morgan fingerprint density at radius 1 is 1.50 bits per heavy atom. The number of aliphatic carboxylic acids is 1. The zero-order chi connectivity index (χ0) is 9.56. The minimum Gasteiger partial charge on any atom is -0.480 e. The van der Waals surface area contributed by atoms with Crippen molar-refractivity contribution in [3.63, 3.8) is 0 Å². The maximum Gasteiger partial charge on any atom is 0.317 e. The quantitative estimate of drug-likeness (QED) is 0.626. The maximum atomic E-state index is 10.6. The Morgan fingerprint density at radius 2 is 2.08 bits per heavy atom. The monoisotopic (exact) mass is 192 g/mol. The van der Waals surface area contributed by atoms with Crippen molar-refractivity contribution in [2.24, 2.45) is 0 Å². The molecule has 0 aliphatic carbocycles. The molecule has 0 aliphatic heterocycles. The van der Waals surface area contributed by atoms with E-state index in [1.807, 2.05) is 0 Å². The number of Topliss-reactive ketones (excluding diaryl/α,β-unsaturated/α-hetero) is 1. The first-order chi connectivity index (χ1) is 5.57. The third-order valence-corrected chi connectivity index (χ3v) is 2.35. The average Bonchev–Trinajstić information content (AvgIpc) is 1.96. The van der Waals surface area contributed by atoms with Gasteiger partial charge in [0.05, 0.1) is 6.61 Å². The maximum absolute atomic E-state index is 10.6. The van der Waals surface area contributed by atoms with Crippen LogP contribution in [0.25, 0.3) is 0 Å². The van der Waals surface area contributed by atoms with Crippen LogP contribution in [0.2, 0.25) is 0 Å². The van der Waals surface area contributed by atoms with E-state index >= 15 is 0 Å². The molecule has 1 unspecified atom stereocenters. The molecule has 0 bridgehead atoms. The molecule has 0 rings (SSSR count). The molecule has 0 fully saturated rings. The van der Waals surface area contributed by atoms with Gasteiger partial charge in [-0.3, -0.25) is 9.59 Å². The van der Waals surface area contributed by atoms with E-state index in [4.69, 9.17) is 10.2 Å². The highest BCUT2D eigenvalue weighted by atomic mass is 32.2.